The zero-order valence-corrected chi connectivity index (χ0v) is 20.5. The fraction of sp³-hybridized carbons (Fsp3) is 0.407. The van der Waals surface area contributed by atoms with Gasteiger partial charge in [0.05, 0.1) is 34.3 Å². The van der Waals surface area contributed by atoms with E-state index in [4.69, 9.17) is 9.97 Å². The number of aryl methyl sites for hydroxylation is 1. The van der Waals surface area contributed by atoms with Gasteiger partial charge in [-0.05, 0) is 57.1 Å². The second kappa shape index (κ2) is 9.36. The molecule has 0 aromatic carbocycles. The quantitative estimate of drug-likeness (QED) is 0.490. The fourth-order valence-corrected chi connectivity index (χ4v) is 5.35. The third kappa shape index (κ3) is 4.51. The maximum Gasteiger partial charge on any atom is 0.120 e. The number of hydrogen-bond acceptors (Lipinski definition) is 7. The number of fused-ring (bicyclic) bond motifs is 1. The number of anilines is 1. The molecule has 2 aliphatic heterocycles. The van der Waals surface area contributed by atoms with Crippen LogP contribution in [0.3, 0.4) is 0 Å². The number of piperazine rings is 1. The van der Waals surface area contributed by atoms with Gasteiger partial charge in [-0.15, -0.1) is 0 Å². The van der Waals surface area contributed by atoms with Crippen molar-refractivity contribution in [3.63, 3.8) is 0 Å². The van der Waals surface area contributed by atoms with Gasteiger partial charge >= 0.3 is 0 Å². The van der Waals surface area contributed by atoms with Crippen molar-refractivity contribution in [2.45, 2.75) is 25.8 Å². The van der Waals surface area contributed by atoms with Crippen molar-refractivity contribution < 1.29 is 0 Å². The average molecular weight is 469 g/mol. The van der Waals surface area contributed by atoms with E-state index in [1.165, 1.54) is 39.0 Å². The Morgan fingerprint density at radius 3 is 2.51 bits per heavy atom. The zero-order chi connectivity index (χ0) is 23.8. The molecule has 0 spiro atoms. The fourth-order valence-electron chi connectivity index (χ4n) is 5.35. The molecule has 0 unspecified atom stereocenters. The van der Waals surface area contributed by atoms with Crippen LogP contribution in [0.25, 0.3) is 33.7 Å². The number of nitrogens with zero attached hydrogens (tertiary/aromatic N) is 7. The Labute approximate surface area is 206 Å². The Kier molecular flexibility index (Phi) is 5.91. The van der Waals surface area contributed by atoms with Gasteiger partial charge in [0, 0.05) is 62.8 Å². The van der Waals surface area contributed by atoms with E-state index in [0.717, 1.165) is 58.1 Å². The summed E-state index contributed by atoms with van der Waals surface area (Å²) in [6, 6.07) is 12.9. The molecule has 0 aliphatic carbocycles. The SMILES string of the molecule is Cc1cccc(-c2n[nH]cc2-c2ccc3ncc(N4CCC(N5CCN(C)CC5)CC4)cc3n2)n1. The van der Waals surface area contributed by atoms with Gasteiger partial charge in [-0.1, -0.05) is 6.07 Å². The molecule has 1 N–H and O–H groups in total. The molecule has 4 aromatic heterocycles. The van der Waals surface area contributed by atoms with Crippen LogP contribution in [-0.2, 0) is 0 Å². The maximum absolute atomic E-state index is 4.99. The van der Waals surface area contributed by atoms with Gasteiger partial charge in [0.2, 0.25) is 0 Å². The van der Waals surface area contributed by atoms with Crippen LogP contribution in [0.15, 0.2) is 48.8 Å². The highest BCUT2D eigenvalue weighted by atomic mass is 15.3. The molecule has 0 saturated carbocycles. The molecule has 0 amide bonds. The minimum Gasteiger partial charge on any atom is -0.370 e. The number of piperidine rings is 1. The topological polar surface area (TPSA) is 77.1 Å². The van der Waals surface area contributed by atoms with E-state index in [-0.39, 0.29) is 0 Å². The molecule has 6 heterocycles. The Morgan fingerprint density at radius 2 is 1.71 bits per heavy atom. The molecular formula is C27H32N8. The molecule has 180 valence electrons. The van der Waals surface area contributed by atoms with Crippen molar-refractivity contribution >= 4 is 16.7 Å². The summed E-state index contributed by atoms with van der Waals surface area (Å²) in [5.41, 5.74) is 7.42. The summed E-state index contributed by atoms with van der Waals surface area (Å²) in [6.45, 7) is 8.87. The monoisotopic (exact) mass is 468 g/mol. The van der Waals surface area contributed by atoms with E-state index in [2.05, 4.69) is 43.0 Å². The average Bonchev–Trinajstić information content (AvgIpc) is 3.39. The lowest BCUT2D eigenvalue weighted by molar-refractivity contribution is 0.0982. The highest BCUT2D eigenvalue weighted by molar-refractivity contribution is 5.84. The van der Waals surface area contributed by atoms with Crippen LogP contribution >= 0.6 is 0 Å². The Hall–Kier alpha value is -3.36. The van der Waals surface area contributed by atoms with E-state index >= 15 is 0 Å². The third-order valence-corrected chi connectivity index (χ3v) is 7.45. The van der Waals surface area contributed by atoms with Crippen molar-refractivity contribution in [3.8, 4) is 22.6 Å². The molecule has 6 rings (SSSR count). The van der Waals surface area contributed by atoms with Crippen LogP contribution in [0.4, 0.5) is 5.69 Å². The Bertz CT molecular complexity index is 1320. The van der Waals surface area contributed by atoms with Crippen LogP contribution in [0.2, 0.25) is 0 Å². The smallest absolute Gasteiger partial charge is 0.120 e. The van der Waals surface area contributed by atoms with E-state index in [9.17, 15) is 0 Å². The summed E-state index contributed by atoms with van der Waals surface area (Å²) in [5.74, 6) is 0. The van der Waals surface area contributed by atoms with E-state index in [0.29, 0.717) is 6.04 Å². The summed E-state index contributed by atoms with van der Waals surface area (Å²) in [6.07, 6.45) is 6.31. The molecule has 0 radical (unpaired) electrons. The molecule has 0 bridgehead atoms. The van der Waals surface area contributed by atoms with Crippen molar-refractivity contribution in [1.29, 1.82) is 0 Å². The number of nitrogens with one attached hydrogen (secondary N) is 1. The van der Waals surface area contributed by atoms with Crippen molar-refractivity contribution in [1.82, 2.24) is 34.9 Å². The number of rotatable bonds is 4. The molecule has 35 heavy (non-hydrogen) atoms. The lowest BCUT2D eigenvalue weighted by Gasteiger charge is -2.42. The van der Waals surface area contributed by atoms with E-state index in [1.54, 1.807) is 0 Å². The van der Waals surface area contributed by atoms with Crippen LogP contribution in [0, 0.1) is 6.92 Å². The highest BCUT2D eigenvalue weighted by Crippen LogP contribution is 2.30. The molecular weight excluding hydrogens is 436 g/mol. The number of aromatic amines is 1. The normalized spacial score (nSPS) is 18.4. The third-order valence-electron chi connectivity index (χ3n) is 7.45. The number of likely N-dealkylation sites (N-methyl/N-ethyl adjacent to an activating group) is 1. The van der Waals surface area contributed by atoms with Gasteiger partial charge in [0.1, 0.15) is 5.69 Å². The summed E-state index contributed by atoms with van der Waals surface area (Å²) >= 11 is 0. The molecule has 0 atom stereocenters. The van der Waals surface area contributed by atoms with Gasteiger partial charge in [-0.25, -0.2) is 4.98 Å². The van der Waals surface area contributed by atoms with Crippen LogP contribution in [-0.4, -0.2) is 87.3 Å². The molecule has 8 nitrogen and oxygen atoms in total. The number of pyridine rings is 3. The summed E-state index contributed by atoms with van der Waals surface area (Å²) < 4.78 is 0. The van der Waals surface area contributed by atoms with Crippen molar-refractivity contribution in [3.05, 3.63) is 54.5 Å². The lowest BCUT2D eigenvalue weighted by atomic mass is 10.0. The van der Waals surface area contributed by atoms with E-state index < -0.39 is 0 Å². The van der Waals surface area contributed by atoms with Crippen LogP contribution < -0.4 is 4.90 Å². The van der Waals surface area contributed by atoms with Crippen molar-refractivity contribution in [2.75, 3.05) is 51.2 Å². The van der Waals surface area contributed by atoms with Gasteiger partial charge in [-0.2, -0.15) is 5.10 Å². The van der Waals surface area contributed by atoms with Gasteiger partial charge < -0.3 is 9.80 Å². The minimum atomic E-state index is 0.702. The number of H-pyrrole nitrogens is 1. The largest absolute Gasteiger partial charge is 0.370 e. The first kappa shape index (κ1) is 22.1. The summed E-state index contributed by atoms with van der Waals surface area (Å²) in [5, 5.41) is 7.47. The second-order valence-corrected chi connectivity index (χ2v) is 9.80. The molecule has 2 fully saturated rings. The van der Waals surface area contributed by atoms with Gasteiger partial charge in [-0.3, -0.25) is 20.0 Å². The van der Waals surface area contributed by atoms with Crippen LogP contribution in [0.5, 0.6) is 0 Å². The Morgan fingerprint density at radius 1 is 0.886 bits per heavy atom. The first-order valence-corrected chi connectivity index (χ1v) is 12.6. The molecule has 2 saturated heterocycles. The molecule has 8 heteroatoms. The van der Waals surface area contributed by atoms with Crippen LogP contribution in [0.1, 0.15) is 18.5 Å². The molecule has 2 aliphatic rings. The van der Waals surface area contributed by atoms with Crippen molar-refractivity contribution in [2.24, 2.45) is 0 Å². The lowest BCUT2D eigenvalue weighted by Crippen LogP contribution is -2.52. The first-order chi connectivity index (χ1) is 17.1. The summed E-state index contributed by atoms with van der Waals surface area (Å²) in [7, 11) is 2.22. The first-order valence-electron chi connectivity index (χ1n) is 12.6. The predicted octanol–water partition coefficient (Wildman–Crippen LogP) is 3.61. The number of aromatic nitrogens is 5. The highest BCUT2D eigenvalue weighted by Gasteiger charge is 2.27. The van der Waals surface area contributed by atoms with Gasteiger partial charge in [0.25, 0.3) is 0 Å². The predicted molar refractivity (Wildman–Crippen MR) is 139 cm³/mol. The molecule has 4 aromatic rings. The van der Waals surface area contributed by atoms with Gasteiger partial charge in [0.15, 0.2) is 0 Å². The maximum atomic E-state index is 4.99. The Balaban J connectivity index is 1.22. The van der Waals surface area contributed by atoms with E-state index in [1.807, 2.05) is 49.6 Å². The standard InChI is InChI=1S/C27H32N8/c1-19-4-3-5-25(30-19)27-22(18-29-32-27)23-6-7-24-26(31-23)16-21(17-28-24)34-10-8-20(9-11-34)35-14-12-33(2)13-15-35/h3-7,16-18,20H,8-15H2,1-2H3,(H,29,32). The zero-order valence-electron chi connectivity index (χ0n) is 20.5. The number of hydrogen-bond donors (Lipinski definition) is 1. The summed E-state index contributed by atoms with van der Waals surface area (Å²) in [4.78, 5) is 22.0. The second-order valence-electron chi connectivity index (χ2n) is 9.80. The minimum absolute atomic E-state index is 0.702.